The van der Waals surface area contributed by atoms with E-state index < -0.39 is 39.3 Å². The molecule has 5 rings (SSSR count). The quantitative estimate of drug-likeness (QED) is 0.486. The molecule has 1 aromatic carbocycles. The molecule has 1 aromatic rings. The molecule has 12 nitrogen and oxygen atoms in total. The number of nitriles is 1. The summed E-state index contributed by atoms with van der Waals surface area (Å²) in [6.45, 7) is 3.86. The predicted octanol–water partition coefficient (Wildman–Crippen LogP) is 3.16. The Labute approximate surface area is 252 Å². The molecule has 4 fully saturated rings. The summed E-state index contributed by atoms with van der Waals surface area (Å²) in [5, 5.41) is 19.4. The van der Waals surface area contributed by atoms with Gasteiger partial charge >= 0.3 is 18.2 Å². The van der Waals surface area contributed by atoms with Crippen LogP contribution in [0.1, 0.15) is 61.1 Å². The number of methoxy groups -OCH3 is 1. The number of sulfonamides is 1. The number of carboxylic acids is 1. The lowest BCUT2D eigenvalue weighted by molar-refractivity contribution is -0.147. The van der Waals surface area contributed by atoms with Crippen LogP contribution in [0.25, 0.3) is 0 Å². The number of carbonyl (C=O) groups excluding carboxylic acids is 2. The van der Waals surface area contributed by atoms with Crippen molar-refractivity contribution < 1.29 is 37.4 Å². The summed E-state index contributed by atoms with van der Waals surface area (Å²) in [5.74, 6) is -1.62. The average molecular weight is 617 g/mol. The van der Waals surface area contributed by atoms with E-state index >= 15 is 0 Å². The lowest BCUT2D eigenvalue weighted by Crippen LogP contribution is -2.46. The Bertz CT molecular complexity index is 1390. The van der Waals surface area contributed by atoms with E-state index in [1.165, 1.54) is 11.4 Å². The normalized spacial score (nSPS) is 25.7. The van der Waals surface area contributed by atoms with Crippen molar-refractivity contribution in [3.8, 4) is 6.07 Å². The van der Waals surface area contributed by atoms with Crippen LogP contribution in [-0.2, 0) is 24.3 Å². The van der Waals surface area contributed by atoms with Crippen LogP contribution in [0.5, 0.6) is 0 Å². The zero-order valence-corrected chi connectivity index (χ0v) is 25.6. The van der Waals surface area contributed by atoms with Gasteiger partial charge in [0.1, 0.15) is 6.61 Å². The molecule has 4 aliphatic rings. The van der Waals surface area contributed by atoms with Gasteiger partial charge in [-0.1, -0.05) is 6.07 Å². The first kappa shape index (κ1) is 31.1. The van der Waals surface area contributed by atoms with Crippen LogP contribution in [-0.4, -0.2) is 104 Å². The number of aryl methyl sites for hydroxylation is 1. The number of hydrogen-bond donors (Lipinski definition) is 1. The van der Waals surface area contributed by atoms with Crippen molar-refractivity contribution in [2.75, 3.05) is 52.2 Å². The fraction of sp³-hybridized carbons (Fsp3) is 0.667. The largest absolute Gasteiger partial charge is 0.481 e. The second-order valence-electron chi connectivity index (χ2n) is 12.6. The van der Waals surface area contributed by atoms with Gasteiger partial charge in [-0.15, -0.1) is 0 Å². The standard InChI is InChI=1S/C30H40N4O8S/c1-20-12-21(15-31)5-6-26(20)22-7-10-33(11-8-22)43(39,40)19-30(27(35)36)13-23-16-32(17-24(23)14-30)28(37)42-18-25-4-3-9-34(25)29(38)41-2/h5-6,12,22-25H,3-4,7-11,13-14,16-19H2,1-2H3,(H,35,36)/t23-,24-,25-/m0/s1. The van der Waals surface area contributed by atoms with Crippen molar-refractivity contribution in [1.82, 2.24) is 14.1 Å². The van der Waals surface area contributed by atoms with Crippen molar-refractivity contribution in [3.05, 3.63) is 34.9 Å². The third-order valence-corrected chi connectivity index (χ3v) is 12.0. The van der Waals surface area contributed by atoms with Crippen molar-refractivity contribution in [2.45, 2.75) is 57.4 Å². The molecule has 0 bridgehead atoms. The molecular weight excluding hydrogens is 576 g/mol. The minimum atomic E-state index is -3.83. The summed E-state index contributed by atoms with van der Waals surface area (Å²) >= 11 is 0. The number of ether oxygens (including phenoxy) is 2. The third kappa shape index (κ3) is 6.31. The third-order valence-electron chi connectivity index (χ3n) is 9.92. The highest BCUT2D eigenvalue weighted by molar-refractivity contribution is 7.89. The van der Waals surface area contributed by atoms with Gasteiger partial charge in [0.05, 0.1) is 36.0 Å². The van der Waals surface area contributed by atoms with Gasteiger partial charge in [0.2, 0.25) is 10.0 Å². The first-order chi connectivity index (χ1) is 20.5. The SMILES string of the molecule is COC(=O)N1CCC[C@H]1COC(=O)N1C[C@@H]2CC(CS(=O)(=O)N3CCC(c4ccc(C#N)cc4C)CC3)(C(=O)O)C[C@H]2C1. The number of benzene rings is 1. The van der Waals surface area contributed by atoms with E-state index in [0.717, 1.165) is 24.0 Å². The molecule has 0 radical (unpaired) electrons. The molecule has 2 amide bonds. The van der Waals surface area contributed by atoms with Gasteiger partial charge in [-0.05, 0) is 86.5 Å². The van der Waals surface area contributed by atoms with E-state index in [4.69, 9.17) is 14.7 Å². The number of piperidine rings is 1. The second kappa shape index (κ2) is 12.3. The molecule has 0 unspecified atom stereocenters. The molecule has 3 saturated heterocycles. The highest BCUT2D eigenvalue weighted by Gasteiger charge is 2.56. The summed E-state index contributed by atoms with van der Waals surface area (Å²) in [5.41, 5.74) is 1.34. The van der Waals surface area contributed by atoms with E-state index in [1.807, 2.05) is 19.1 Å². The lowest BCUT2D eigenvalue weighted by atomic mass is 9.87. The van der Waals surface area contributed by atoms with Crippen LogP contribution in [0.3, 0.4) is 0 Å². The van der Waals surface area contributed by atoms with Crippen molar-refractivity contribution >= 4 is 28.2 Å². The van der Waals surface area contributed by atoms with Crippen molar-refractivity contribution in [3.63, 3.8) is 0 Å². The number of aliphatic carboxylic acids is 1. The first-order valence-electron chi connectivity index (χ1n) is 14.9. The predicted molar refractivity (Wildman–Crippen MR) is 155 cm³/mol. The van der Waals surface area contributed by atoms with Gasteiger partial charge < -0.3 is 24.4 Å². The molecule has 13 heteroatoms. The Kier molecular flexibility index (Phi) is 8.90. The molecule has 1 N–H and O–H groups in total. The first-order valence-corrected chi connectivity index (χ1v) is 16.6. The van der Waals surface area contributed by atoms with Gasteiger partial charge in [0, 0.05) is 32.7 Å². The van der Waals surface area contributed by atoms with Crippen LogP contribution in [0.4, 0.5) is 9.59 Å². The van der Waals surface area contributed by atoms with Crippen LogP contribution in [0.15, 0.2) is 18.2 Å². The fourth-order valence-corrected chi connectivity index (χ4v) is 9.71. The molecule has 3 aliphatic heterocycles. The monoisotopic (exact) mass is 616 g/mol. The Morgan fingerprint density at radius 1 is 1.07 bits per heavy atom. The molecule has 1 saturated carbocycles. The molecule has 43 heavy (non-hydrogen) atoms. The van der Waals surface area contributed by atoms with Crippen LogP contribution >= 0.6 is 0 Å². The number of carboxylic acid groups (broad SMARTS) is 1. The number of likely N-dealkylation sites (tertiary alicyclic amines) is 2. The fourth-order valence-electron chi connectivity index (χ4n) is 7.71. The summed E-state index contributed by atoms with van der Waals surface area (Å²) < 4.78 is 38.9. The molecule has 3 heterocycles. The van der Waals surface area contributed by atoms with Gasteiger partial charge in [0.15, 0.2) is 0 Å². The zero-order chi connectivity index (χ0) is 30.9. The summed E-state index contributed by atoms with van der Waals surface area (Å²) in [7, 11) is -2.51. The minimum Gasteiger partial charge on any atom is -0.481 e. The van der Waals surface area contributed by atoms with E-state index in [2.05, 4.69) is 6.07 Å². The number of fused-ring (bicyclic) bond motifs is 1. The number of rotatable bonds is 7. The Morgan fingerprint density at radius 2 is 1.74 bits per heavy atom. The Morgan fingerprint density at radius 3 is 2.33 bits per heavy atom. The maximum Gasteiger partial charge on any atom is 0.409 e. The molecule has 0 aromatic heterocycles. The summed E-state index contributed by atoms with van der Waals surface area (Å²) in [4.78, 5) is 40.5. The Hall–Kier alpha value is -3.37. The summed E-state index contributed by atoms with van der Waals surface area (Å²) in [6, 6.07) is 7.49. The highest BCUT2D eigenvalue weighted by Crippen LogP contribution is 2.50. The smallest absolute Gasteiger partial charge is 0.409 e. The lowest BCUT2D eigenvalue weighted by Gasteiger charge is -2.35. The number of carbonyl (C=O) groups is 3. The van der Waals surface area contributed by atoms with E-state index in [-0.39, 0.29) is 43.2 Å². The molecule has 0 spiro atoms. The zero-order valence-electron chi connectivity index (χ0n) is 24.7. The number of hydrogen-bond acceptors (Lipinski definition) is 8. The molecule has 1 aliphatic carbocycles. The molecule has 234 valence electrons. The Balaban J connectivity index is 1.15. The maximum absolute atomic E-state index is 13.5. The minimum absolute atomic E-state index is 0.0680. The number of nitrogens with zero attached hydrogens (tertiary/aromatic N) is 4. The van der Waals surface area contributed by atoms with Crippen molar-refractivity contribution in [1.29, 1.82) is 5.26 Å². The average Bonchev–Trinajstić information content (AvgIpc) is 3.70. The van der Waals surface area contributed by atoms with Gasteiger partial charge in [-0.25, -0.2) is 22.3 Å². The highest BCUT2D eigenvalue weighted by atomic mass is 32.2. The molecule has 3 atom stereocenters. The van der Waals surface area contributed by atoms with Gasteiger partial charge in [0.25, 0.3) is 0 Å². The van der Waals surface area contributed by atoms with Crippen molar-refractivity contribution in [2.24, 2.45) is 17.3 Å². The van der Waals surface area contributed by atoms with E-state index in [0.29, 0.717) is 51.1 Å². The van der Waals surface area contributed by atoms with E-state index in [9.17, 15) is 27.9 Å². The molecular formula is C30H40N4O8S. The van der Waals surface area contributed by atoms with Crippen LogP contribution in [0.2, 0.25) is 0 Å². The number of amides is 2. The maximum atomic E-state index is 13.5. The van der Waals surface area contributed by atoms with Crippen LogP contribution in [0, 0.1) is 35.5 Å². The topological polar surface area (TPSA) is 158 Å². The van der Waals surface area contributed by atoms with Gasteiger partial charge in [-0.3, -0.25) is 4.79 Å². The second-order valence-corrected chi connectivity index (χ2v) is 14.5. The van der Waals surface area contributed by atoms with Gasteiger partial charge in [-0.2, -0.15) is 5.26 Å². The van der Waals surface area contributed by atoms with E-state index in [1.54, 1.807) is 15.9 Å². The summed E-state index contributed by atoms with van der Waals surface area (Å²) in [6.07, 6.45) is 2.22. The van der Waals surface area contributed by atoms with Crippen LogP contribution < -0.4 is 0 Å².